The fourth-order valence-corrected chi connectivity index (χ4v) is 1.54. The van der Waals surface area contributed by atoms with Gasteiger partial charge in [0.2, 0.25) is 0 Å². The number of carbonyl (C=O) groups is 1. The van der Waals surface area contributed by atoms with Gasteiger partial charge in [0.1, 0.15) is 0 Å². The largest absolute Gasteiger partial charge is 0.298 e. The molecule has 0 N–H and O–H groups in total. The van der Waals surface area contributed by atoms with Gasteiger partial charge >= 0.3 is 0 Å². The van der Waals surface area contributed by atoms with Gasteiger partial charge in [-0.1, -0.05) is 41.5 Å². The standard InChI is InChI=1S/C11H7N3O/c12-14-13-11-6-5-8-3-1-2-4-9(8)10(11)7-15/h1-7H. The summed E-state index contributed by atoms with van der Waals surface area (Å²) in [5, 5.41) is 5.24. The second-order valence-corrected chi connectivity index (χ2v) is 3.03. The van der Waals surface area contributed by atoms with Crippen molar-refractivity contribution in [2.45, 2.75) is 0 Å². The van der Waals surface area contributed by atoms with Gasteiger partial charge in [-0.3, -0.25) is 4.79 Å². The first-order valence-corrected chi connectivity index (χ1v) is 4.39. The molecule has 0 aromatic heterocycles. The maximum Gasteiger partial charge on any atom is 0.151 e. The number of rotatable bonds is 2. The minimum Gasteiger partial charge on any atom is -0.298 e. The van der Waals surface area contributed by atoms with Crippen LogP contribution >= 0.6 is 0 Å². The SMILES string of the molecule is [N-]=[N+]=Nc1ccc2ccccc2c1C=O. The van der Waals surface area contributed by atoms with Crippen molar-refractivity contribution < 1.29 is 4.79 Å². The Morgan fingerprint density at radius 2 is 2.00 bits per heavy atom. The van der Waals surface area contributed by atoms with Crippen LogP contribution in [0.4, 0.5) is 5.69 Å². The third-order valence-electron chi connectivity index (χ3n) is 2.22. The second-order valence-electron chi connectivity index (χ2n) is 3.03. The maximum atomic E-state index is 10.9. The van der Waals surface area contributed by atoms with Crippen LogP contribution in [0.3, 0.4) is 0 Å². The van der Waals surface area contributed by atoms with Crippen LogP contribution in [-0.4, -0.2) is 6.29 Å². The van der Waals surface area contributed by atoms with E-state index in [9.17, 15) is 4.79 Å². The van der Waals surface area contributed by atoms with Crippen molar-refractivity contribution >= 4 is 22.7 Å². The Labute approximate surface area is 85.8 Å². The molecule has 0 heterocycles. The number of benzene rings is 2. The first kappa shape index (κ1) is 9.24. The summed E-state index contributed by atoms with van der Waals surface area (Å²) in [6.07, 6.45) is 0.715. The van der Waals surface area contributed by atoms with E-state index in [1.54, 1.807) is 6.07 Å². The van der Waals surface area contributed by atoms with E-state index >= 15 is 0 Å². The van der Waals surface area contributed by atoms with Crippen LogP contribution in [0.5, 0.6) is 0 Å². The van der Waals surface area contributed by atoms with E-state index < -0.39 is 0 Å². The predicted octanol–water partition coefficient (Wildman–Crippen LogP) is 3.59. The van der Waals surface area contributed by atoms with Crippen molar-refractivity contribution in [3.05, 3.63) is 52.4 Å². The Kier molecular flexibility index (Phi) is 2.35. The van der Waals surface area contributed by atoms with Crippen molar-refractivity contribution in [1.29, 1.82) is 0 Å². The normalized spacial score (nSPS) is 9.60. The van der Waals surface area contributed by atoms with E-state index in [0.29, 0.717) is 17.5 Å². The third-order valence-corrected chi connectivity index (χ3v) is 2.22. The smallest absolute Gasteiger partial charge is 0.151 e. The summed E-state index contributed by atoms with van der Waals surface area (Å²) in [5.74, 6) is 0. The molecular formula is C11H7N3O. The Morgan fingerprint density at radius 3 is 2.73 bits per heavy atom. The topological polar surface area (TPSA) is 65.8 Å². The van der Waals surface area contributed by atoms with E-state index in [-0.39, 0.29) is 0 Å². The molecule has 0 unspecified atom stereocenters. The van der Waals surface area contributed by atoms with Crippen LogP contribution in [-0.2, 0) is 0 Å². The molecule has 0 aliphatic rings. The van der Waals surface area contributed by atoms with Gasteiger partial charge in [-0.05, 0) is 16.3 Å². The fourth-order valence-electron chi connectivity index (χ4n) is 1.54. The summed E-state index contributed by atoms with van der Waals surface area (Å²) in [7, 11) is 0. The molecule has 4 heteroatoms. The molecule has 0 amide bonds. The average molecular weight is 197 g/mol. The average Bonchev–Trinajstić information content (AvgIpc) is 2.29. The quantitative estimate of drug-likeness (QED) is 0.314. The van der Waals surface area contributed by atoms with E-state index in [0.717, 1.165) is 10.8 Å². The minimum absolute atomic E-state index is 0.367. The number of carbonyl (C=O) groups excluding carboxylic acids is 1. The second kappa shape index (κ2) is 3.82. The molecule has 2 aromatic rings. The number of aldehydes is 1. The molecule has 0 atom stereocenters. The molecule has 72 valence electrons. The van der Waals surface area contributed by atoms with Crippen molar-refractivity contribution in [3.63, 3.8) is 0 Å². The van der Waals surface area contributed by atoms with E-state index in [4.69, 9.17) is 5.53 Å². The highest BCUT2D eigenvalue weighted by Gasteiger charge is 2.04. The highest BCUT2D eigenvalue weighted by atomic mass is 16.1. The molecule has 0 saturated heterocycles. The summed E-state index contributed by atoms with van der Waals surface area (Å²) in [4.78, 5) is 13.6. The lowest BCUT2D eigenvalue weighted by molar-refractivity contribution is 0.112. The van der Waals surface area contributed by atoms with Crippen molar-refractivity contribution in [2.24, 2.45) is 5.11 Å². The Bertz CT molecular complexity index is 571. The van der Waals surface area contributed by atoms with Gasteiger partial charge < -0.3 is 0 Å². The van der Waals surface area contributed by atoms with Gasteiger partial charge in [0.05, 0.1) is 0 Å². The zero-order valence-corrected chi connectivity index (χ0v) is 7.79. The lowest BCUT2D eigenvalue weighted by Crippen LogP contribution is -1.83. The zero-order chi connectivity index (χ0) is 10.7. The molecule has 0 saturated carbocycles. The molecule has 15 heavy (non-hydrogen) atoms. The van der Waals surface area contributed by atoms with Crippen molar-refractivity contribution in [2.75, 3.05) is 0 Å². The Hall–Kier alpha value is -2.32. The monoisotopic (exact) mass is 197 g/mol. The first-order chi connectivity index (χ1) is 7.36. The molecular weight excluding hydrogens is 190 g/mol. The highest BCUT2D eigenvalue weighted by Crippen LogP contribution is 2.26. The van der Waals surface area contributed by atoms with Crippen LogP contribution < -0.4 is 0 Å². The zero-order valence-electron chi connectivity index (χ0n) is 7.79. The van der Waals surface area contributed by atoms with Crippen molar-refractivity contribution in [3.8, 4) is 0 Å². The van der Waals surface area contributed by atoms with Crippen molar-refractivity contribution in [1.82, 2.24) is 0 Å². The molecule has 0 fully saturated rings. The first-order valence-electron chi connectivity index (χ1n) is 4.39. The highest BCUT2D eigenvalue weighted by molar-refractivity contribution is 6.02. The van der Waals surface area contributed by atoms with E-state index in [1.165, 1.54) is 0 Å². The lowest BCUT2D eigenvalue weighted by atomic mass is 10.0. The van der Waals surface area contributed by atoms with Gasteiger partial charge in [0.15, 0.2) is 6.29 Å². The van der Waals surface area contributed by atoms with E-state index in [2.05, 4.69) is 10.0 Å². The van der Waals surface area contributed by atoms with Gasteiger partial charge in [-0.15, -0.1) is 0 Å². The van der Waals surface area contributed by atoms with Crippen LogP contribution in [0, 0.1) is 0 Å². The number of nitrogens with zero attached hydrogens (tertiary/aromatic N) is 3. The van der Waals surface area contributed by atoms with E-state index in [1.807, 2.05) is 30.3 Å². The summed E-state index contributed by atoms with van der Waals surface area (Å²) < 4.78 is 0. The summed E-state index contributed by atoms with van der Waals surface area (Å²) in [5.41, 5.74) is 9.16. The fraction of sp³-hybridized carbons (Fsp3) is 0. The molecule has 0 bridgehead atoms. The molecule has 2 aromatic carbocycles. The summed E-state index contributed by atoms with van der Waals surface area (Å²) in [6, 6.07) is 10.9. The number of azide groups is 1. The van der Waals surface area contributed by atoms with Gasteiger partial charge in [-0.25, -0.2) is 0 Å². The molecule has 0 radical (unpaired) electrons. The van der Waals surface area contributed by atoms with Crippen LogP contribution in [0.1, 0.15) is 10.4 Å². The number of hydrogen-bond donors (Lipinski definition) is 0. The molecule has 0 aliphatic heterocycles. The molecule has 2 rings (SSSR count). The predicted molar refractivity (Wildman–Crippen MR) is 58.1 cm³/mol. The van der Waals surface area contributed by atoms with Gasteiger partial charge in [0, 0.05) is 16.2 Å². The minimum atomic E-state index is 0.367. The third kappa shape index (κ3) is 1.54. The van der Waals surface area contributed by atoms with Crippen LogP contribution in [0.15, 0.2) is 41.5 Å². The number of fused-ring (bicyclic) bond motifs is 1. The molecule has 0 spiro atoms. The summed E-state index contributed by atoms with van der Waals surface area (Å²) >= 11 is 0. The molecule has 4 nitrogen and oxygen atoms in total. The van der Waals surface area contributed by atoms with Gasteiger partial charge in [0.25, 0.3) is 0 Å². The Morgan fingerprint density at radius 1 is 1.20 bits per heavy atom. The summed E-state index contributed by atoms with van der Waals surface area (Å²) in [6.45, 7) is 0. The van der Waals surface area contributed by atoms with Gasteiger partial charge in [-0.2, -0.15) is 0 Å². The maximum absolute atomic E-state index is 10.9. The van der Waals surface area contributed by atoms with Crippen LogP contribution in [0.25, 0.3) is 21.2 Å². The Balaban J connectivity index is 2.86. The molecule has 0 aliphatic carbocycles. The number of hydrogen-bond acceptors (Lipinski definition) is 2. The van der Waals surface area contributed by atoms with Crippen LogP contribution in [0.2, 0.25) is 0 Å². The lowest BCUT2D eigenvalue weighted by Gasteiger charge is -2.02.